The first kappa shape index (κ1) is 7.80. The summed E-state index contributed by atoms with van der Waals surface area (Å²) in [6, 6.07) is 0. The third-order valence-electron chi connectivity index (χ3n) is 2.20. The lowest BCUT2D eigenvalue weighted by Crippen LogP contribution is -2.10. The van der Waals surface area contributed by atoms with Crippen LogP contribution in [-0.2, 0) is 4.74 Å². The molecule has 10 heavy (non-hydrogen) atoms. The summed E-state index contributed by atoms with van der Waals surface area (Å²) in [4.78, 5) is 0. The Morgan fingerprint density at radius 2 is 2.30 bits per heavy atom. The molecule has 1 unspecified atom stereocenters. The molecule has 0 radical (unpaired) electrons. The fourth-order valence-corrected chi connectivity index (χ4v) is 1.38. The zero-order chi connectivity index (χ0) is 7.40. The largest absolute Gasteiger partial charge is 0.377 e. The fraction of sp³-hybridized carbons (Fsp3) is 0.778. The highest BCUT2D eigenvalue weighted by atomic mass is 16.5. The van der Waals surface area contributed by atoms with Gasteiger partial charge in [-0.15, -0.1) is 0 Å². The van der Waals surface area contributed by atoms with Crippen molar-refractivity contribution in [3.63, 3.8) is 0 Å². The van der Waals surface area contributed by atoms with Crippen LogP contribution in [-0.4, -0.2) is 13.2 Å². The number of ether oxygens (including phenoxy) is 1. The van der Waals surface area contributed by atoms with E-state index in [-0.39, 0.29) is 0 Å². The summed E-state index contributed by atoms with van der Waals surface area (Å²) in [5, 5.41) is 0. The van der Waals surface area contributed by atoms with E-state index in [1.165, 1.54) is 31.3 Å². The normalized spacial score (nSPS) is 22.0. The molecule has 0 bridgehead atoms. The van der Waals surface area contributed by atoms with Crippen LogP contribution in [0.2, 0.25) is 0 Å². The van der Waals surface area contributed by atoms with Crippen LogP contribution < -0.4 is 0 Å². The number of methoxy groups -OCH3 is 1. The zero-order valence-corrected chi connectivity index (χ0v) is 6.89. The van der Waals surface area contributed by atoms with Gasteiger partial charge in [0.25, 0.3) is 0 Å². The Kier molecular flexibility index (Phi) is 2.94. The van der Waals surface area contributed by atoms with E-state index in [9.17, 15) is 0 Å². The molecular formula is C9H16O. The van der Waals surface area contributed by atoms with Gasteiger partial charge in [0, 0.05) is 7.11 Å². The number of hydrogen-bond acceptors (Lipinski definition) is 1. The van der Waals surface area contributed by atoms with Gasteiger partial charge in [0.2, 0.25) is 0 Å². The molecule has 0 saturated carbocycles. The van der Waals surface area contributed by atoms with Crippen LogP contribution in [0.4, 0.5) is 0 Å². The molecule has 1 rings (SSSR count). The molecular weight excluding hydrogens is 124 g/mol. The van der Waals surface area contributed by atoms with Crippen molar-refractivity contribution in [1.82, 2.24) is 0 Å². The van der Waals surface area contributed by atoms with E-state index in [0.29, 0.717) is 6.10 Å². The third kappa shape index (κ3) is 1.84. The van der Waals surface area contributed by atoms with E-state index in [0.717, 1.165) is 0 Å². The summed E-state index contributed by atoms with van der Waals surface area (Å²) in [6.45, 7) is 2.12. The minimum Gasteiger partial charge on any atom is -0.377 e. The summed E-state index contributed by atoms with van der Waals surface area (Å²) in [6.07, 6.45) is 7.88. The fourth-order valence-electron chi connectivity index (χ4n) is 1.38. The molecule has 0 aliphatic heterocycles. The Bertz CT molecular complexity index is 127. The molecule has 0 heterocycles. The molecule has 1 heteroatoms. The van der Waals surface area contributed by atoms with Crippen LogP contribution in [0, 0.1) is 0 Å². The molecule has 1 atom stereocenters. The number of hydrogen-bond donors (Lipinski definition) is 0. The lowest BCUT2D eigenvalue weighted by Gasteiger charge is -2.17. The van der Waals surface area contributed by atoms with Gasteiger partial charge in [-0.3, -0.25) is 0 Å². The van der Waals surface area contributed by atoms with Crippen LogP contribution >= 0.6 is 0 Å². The van der Waals surface area contributed by atoms with Crippen molar-refractivity contribution in [3.05, 3.63) is 11.6 Å². The first-order chi connectivity index (χ1) is 4.84. The molecule has 0 N–H and O–H groups in total. The van der Waals surface area contributed by atoms with Gasteiger partial charge < -0.3 is 4.74 Å². The van der Waals surface area contributed by atoms with Gasteiger partial charge in [-0.25, -0.2) is 0 Å². The van der Waals surface area contributed by atoms with Crippen LogP contribution in [0.25, 0.3) is 0 Å². The third-order valence-corrected chi connectivity index (χ3v) is 2.20. The second kappa shape index (κ2) is 3.77. The van der Waals surface area contributed by atoms with Gasteiger partial charge >= 0.3 is 0 Å². The molecule has 0 aromatic rings. The molecule has 0 amide bonds. The minimum atomic E-state index is 0.347. The van der Waals surface area contributed by atoms with E-state index in [2.05, 4.69) is 13.0 Å². The van der Waals surface area contributed by atoms with Gasteiger partial charge in [-0.2, -0.15) is 0 Å². The molecule has 58 valence electrons. The Morgan fingerprint density at radius 1 is 1.50 bits per heavy atom. The minimum absolute atomic E-state index is 0.347. The molecule has 0 fully saturated rings. The standard InChI is InChI=1S/C9H16O/c1-8(10-2)9-6-4-3-5-7-9/h6,8H,3-5,7H2,1-2H3. The topological polar surface area (TPSA) is 9.23 Å². The van der Waals surface area contributed by atoms with E-state index >= 15 is 0 Å². The summed E-state index contributed by atoms with van der Waals surface area (Å²) in [5.74, 6) is 0. The molecule has 1 aliphatic carbocycles. The van der Waals surface area contributed by atoms with Crippen molar-refractivity contribution in [2.24, 2.45) is 0 Å². The van der Waals surface area contributed by atoms with Crippen molar-refractivity contribution in [2.75, 3.05) is 7.11 Å². The van der Waals surface area contributed by atoms with Gasteiger partial charge in [0.15, 0.2) is 0 Å². The quantitative estimate of drug-likeness (QED) is 0.535. The molecule has 1 nitrogen and oxygen atoms in total. The zero-order valence-electron chi connectivity index (χ0n) is 6.89. The molecule has 0 spiro atoms. The molecule has 0 aromatic heterocycles. The monoisotopic (exact) mass is 140 g/mol. The summed E-state index contributed by atoms with van der Waals surface area (Å²) in [7, 11) is 1.78. The first-order valence-corrected chi connectivity index (χ1v) is 4.06. The maximum absolute atomic E-state index is 5.22. The van der Waals surface area contributed by atoms with E-state index in [4.69, 9.17) is 4.74 Å². The molecule has 0 aromatic carbocycles. The predicted molar refractivity (Wildman–Crippen MR) is 43.0 cm³/mol. The Balaban J connectivity index is 2.44. The van der Waals surface area contributed by atoms with Crippen molar-refractivity contribution < 1.29 is 4.74 Å². The van der Waals surface area contributed by atoms with Crippen LogP contribution in [0.5, 0.6) is 0 Å². The van der Waals surface area contributed by atoms with Crippen molar-refractivity contribution >= 4 is 0 Å². The second-order valence-electron chi connectivity index (χ2n) is 2.90. The van der Waals surface area contributed by atoms with Crippen LogP contribution in [0.15, 0.2) is 11.6 Å². The van der Waals surface area contributed by atoms with Crippen molar-refractivity contribution in [3.8, 4) is 0 Å². The first-order valence-electron chi connectivity index (χ1n) is 4.06. The lowest BCUT2D eigenvalue weighted by atomic mass is 9.96. The highest BCUT2D eigenvalue weighted by Gasteiger charge is 2.09. The average Bonchev–Trinajstić information content (AvgIpc) is 2.05. The smallest absolute Gasteiger partial charge is 0.0753 e. The maximum atomic E-state index is 5.22. The van der Waals surface area contributed by atoms with Crippen LogP contribution in [0.3, 0.4) is 0 Å². The predicted octanol–water partition coefficient (Wildman–Crippen LogP) is 2.52. The highest BCUT2D eigenvalue weighted by molar-refractivity contribution is 5.09. The Hall–Kier alpha value is -0.300. The van der Waals surface area contributed by atoms with Gasteiger partial charge in [0.05, 0.1) is 6.10 Å². The molecule has 0 saturated heterocycles. The summed E-state index contributed by atoms with van der Waals surface area (Å²) < 4.78 is 5.22. The van der Waals surface area contributed by atoms with E-state index in [1.54, 1.807) is 7.11 Å². The SMILES string of the molecule is COC(C)C1=CCCCC1. The maximum Gasteiger partial charge on any atom is 0.0753 e. The number of rotatable bonds is 2. The lowest BCUT2D eigenvalue weighted by molar-refractivity contribution is 0.142. The van der Waals surface area contributed by atoms with E-state index in [1.807, 2.05) is 0 Å². The Labute approximate surface area is 63.1 Å². The Morgan fingerprint density at radius 3 is 2.80 bits per heavy atom. The van der Waals surface area contributed by atoms with E-state index < -0.39 is 0 Å². The number of allylic oxidation sites excluding steroid dienone is 1. The van der Waals surface area contributed by atoms with Crippen molar-refractivity contribution in [1.29, 1.82) is 0 Å². The second-order valence-corrected chi connectivity index (χ2v) is 2.90. The highest BCUT2D eigenvalue weighted by Crippen LogP contribution is 2.21. The average molecular weight is 140 g/mol. The van der Waals surface area contributed by atoms with Crippen molar-refractivity contribution in [2.45, 2.75) is 38.7 Å². The van der Waals surface area contributed by atoms with Gasteiger partial charge in [-0.05, 0) is 38.2 Å². The van der Waals surface area contributed by atoms with Gasteiger partial charge in [0.1, 0.15) is 0 Å². The molecule has 1 aliphatic rings. The summed E-state index contributed by atoms with van der Waals surface area (Å²) >= 11 is 0. The van der Waals surface area contributed by atoms with Crippen LogP contribution in [0.1, 0.15) is 32.6 Å². The summed E-state index contributed by atoms with van der Waals surface area (Å²) in [5.41, 5.74) is 1.49. The van der Waals surface area contributed by atoms with Gasteiger partial charge in [-0.1, -0.05) is 6.08 Å².